The van der Waals surface area contributed by atoms with Gasteiger partial charge in [-0.3, -0.25) is 14.5 Å². The summed E-state index contributed by atoms with van der Waals surface area (Å²) in [5, 5.41) is 14.3. The Morgan fingerprint density at radius 3 is 2.47 bits per heavy atom. The van der Waals surface area contributed by atoms with E-state index in [1.54, 1.807) is 0 Å². The number of nitriles is 1. The standard InChI is InChI=1S/C20H21F3N4O3/c1-18(13-7-3-4-8-14(13)20(21,22)23)16(29)27(17(30)26-18)11-15(28)25-19(12-24)9-5-2-6-10-19/h3-4,7-8H,2,5-6,9-11H2,1H3,(H,25,28)(H,26,30). The molecule has 1 saturated carbocycles. The lowest BCUT2D eigenvalue weighted by Gasteiger charge is -2.32. The molecule has 0 bridgehead atoms. The first kappa shape index (κ1) is 21.6. The minimum Gasteiger partial charge on any atom is -0.336 e. The fraction of sp³-hybridized carbons (Fsp3) is 0.500. The number of hydrogen-bond acceptors (Lipinski definition) is 4. The lowest BCUT2D eigenvalue weighted by molar-refractivity contribution is -0.140. The fourth-order valence-electron chi connectivity index (χ4n) is 4.06. The van der Waals surface area contributed by atoms with Crippen LogP contribution in [0.15, 0.2) is 24.3 Å². The van der Waals surface area contributed by atoms with E-state index in [4.69, 9.17) is 0 Å². The van der Waals surface area contributed by atoms with Gasteiger partial charge in [-0.2, -0.15) is 18.4 Å². The normalized spacial score (nSPS) is 23.6. The molecule has 1 unspecified atom stereocenters. The summed E-state index contributed by atoms with van der Waals surface area (Å²) in [6.07, 6.45) is -1.32. The van der Waals surface area contributed by atoms with Gasteiger partial charge >= 0.3 is 12.2 Å². The molecule has 2 fully saturated rings. The molecular formula is C20H21F3N4O3. The average molecular weight is 422 g/mol. The second-order valence-corrected chi connectivity index (χ2v) is 7.79. The Hall–Kier alpha value is -3.09. The molecular weight excluding hydrogens is 401 g/mol. The van der Waals surface area contributed by atoms with Crippen LogP contribution in [0, 0.1) is 11.3 Å². The molecule has 2 aliphatic rings. The van der Waals surface area contributed by atoms with Gasteiger partial charge in [0.15, 0.2) is 0 Å². The van der Waals surface area contributed by atoms with Gasteiger partial charge in [0.25, 0.3) is 5.91 Å². The van der Waals surface area contributed by atoms with Crippen molar-refractivity contribution in [2.24, 2.45) is 0 Å². The Morgan fingerprint density at radius 2 is 1.87 bits per heavy atom. The van der Waals surface area contributed by atoms with Crippen LogP contribution in [0.3, 0.4) is 0 Å². The quantitative estimate of drug-likeness (QED) is 0.729. The second kappa shape index (κ2) is 7.63. The van der Waals surface area contributed by atoms with Crippen molar-refractivity contribution >= 4 is 17.8 Å². The number of urea groups is 1. The minimum atomic E-state index is -4.73. The van der Waals surface area contributed by atoms with Gasteiger partial charge in [0, 0.05) is 0 Å². The van der Waals surface area contributed by atoms with Gasteiger partial charge in [-0.25, -0.2) is 4.79 Å². The maximum Gasteiger partial charge on any atom is 0.416 e. The molecule has 160 valence electrons. The Bertz CT molecular complexity index is 919. The molecule has 0 spiro atoms. The van der Waals surface area contributed by atoms with Gasteiger partial charge in [-0.15, -0.1) is 0 Å². The van der Waals surface area contributed by atoms with Crippen molar-refractivity contribution in [2.45, 2.75) is 56.3 Å². The summed E-state index contributed by atoms with van der Waals surface area (Å²) in [5.41, 5.74) is -4.47. The van der Waals surface area contributed by atoms with E-state index in [0.29, 0.717) is 17.7 Å². The summed E-state index contributed by atoms with van der Waals surface area (Å²) >= 11 is 0. The van der Waals surface area contributed by atoms with Crippen molar-refractivity contribution in [1.29, 1.82) is 5.26 Å². The highest BCUT2D eigenvalue weighted by atomic mass is 19.4. The Labute approximate surface area is 171 Å². The number of halogens is 3. The number of carbonyl (C=O) groups excluding carboxylic acids is 3. The molecule has 1 heterocycles. The number of imide groups is 1. The predicted molar refractivity (Wildman–Crippen MR) is 98.6 cm³/mol. The molecule has 1 aromatic carbocycles. The van der Waals surface area contributed by atoms with Crippen LogP contribution < -0.4 is 10.6 Å². The van der Waals surface area contributed by atoms with Crippen LogP contribution in [-0.2, 0) is 21.3 Å². The molecule has 3 rings (SSSR count). The molecule has 1 aliphatic carbocycles. The van der Waals surface area contributed by atoms with Gasteiger partial charge < -0.3 is 10.6 Å². The predicted octanol–water partition coefficient (Wildman–Crippen LogP) is 2.82. The van der Waals surface area contributed by atoms with Crippen LogP contribution in [0.5, 0.6) is 0 Å². The van der Waals surface area contributed by atoms with E-state index in [-0.39, 0.29) is 0 Å². The zero-order valence-electron chi connectivity index (χ0n) is 16.3. The highest BCUT2D eigenvalue weighted by Crippen LogP contribution is 2.39. The van der Waals surface area contributed by atoms with Crippen LogP contribution in [0.25, 0.3) is 0 Å². The third kappa shape index (κ3) is 3.84. The number of amides is 4. The van der Waals surface area contributed by atoms with Crippen molar-refractivity contribution in [3.8, 4) is 6.07 Å². The number of benzene rings is 1. The summed E-state index contributed by atoms with van der Waals surface area (Å²) < 4.78 is 40.2. The minimum absolute atomic E-state index is 0.403. The van der Waals surface area contributed by atoms with Crippen molar-refractivity contribution < 1.29 is 27.6 Å². The molecule has 7 nitrogen and oxygen atoms in total. The maximum absolute atomic E-state index is 13.4. The molecule has 4 amide bonds. The van der Waals surface area contributed by atoms with Crippen LogP contribution in [-0.4, -0.2) is 34.8 Å². The van der Waals surface area contributed by atoms with Crippen molar-refractivity contribution in [3.05, 3.63) is 35.4 Å². The van der Waals surface area contributed by atoms with E-state index in [2.05, 4.69) is 16.7 Å². The summed E-state index contributed by atoms with van der Waals surface area (Å²) in [7, 11) is 0. The van der Waals surface area contributed by atoms with E-state index in [1.807, 2.05) is 0 Å². The number of nitrogens with zero attached hydrogens (tertiary/aromatic N) is 2. The summed E-state index contributed by atoms with van der Waals surface area (Å²) in [4.78, 5) is 38.4. The van der Waals surface area contributed by atoms with Crippen LogP contribution >= 0.6 is 0 Å². The number of alkyl halides is 3. The number of hydrogen-bond donors (Lipinski definition) is 2. The summed E-state index contributed by atoms with van der Waals surface area (Å²) in [6, 6.07) is 5.61. The highest BCUT2D eigenvalue weighted by molar-refractivity contribution is 6.09. The van der Waals surface area contributed by atoms with Gasteiger partial charge in [0.05, 0.1) is 11.6 Å². The fourth-order valence-corrected chi connectivity index (χ4v) is 4.06. The molecule has 1 aliphatic heterocycles. The number of carbonyl (C=O) groups is 3. The zero-order chi connectivity index (χ0) is 22.2. The van der Waals surface area contributed by atoms with Crippen molar-refractivity contribution in [2.75, 3.05) is 6.54 Å². The average Bonchev–Trinajstić information content (AvgIpc) is 2.92. The van der Waals surface area contributed by atoms with Gasteiger partial charge in [-0.1, -0.05) is 37.5 Å². The van der Waals surface area contributed by atoms with Gasteiger partial charge in [0.2, 0.25) is 5.91 Å². The Kier molecular flexibility index (Phi) is 5.50. The smallest absolute Gasteiger partial charge is 0.336 e. The number of nitrogens with one attached hydrogen (secondary N) is 2. The van der Waals surface area contributed by atoms with E-state index >= 15 is 0 Å². The lowest BCUT2D eigenvalue weighted by atomic mass is 9.83. The van der Waals surface area contributed by atoms with E-state index < -0.39 is 52.8 Å². The first-order chi connectivity index (χ1) is 14.0. The van der Waals surface area contributed by atoms with Crippen LogP contribution in [0.2, 0.25) is 0 Å². The molecule has 1 atom stereocenters. The third-order valence-electron chi connectivity index (χ3n) is 5.65. The highest BCUT2D eigenvalue weighted by Gasteiger charge is 2.52. The van der Waals surface area contributed by atoms with Gasteiger partial charge in [-0.05, 0) is 31.4 Å². The number of rotatable bonds is 4. The maximum atomic E-state index is 13.4. The largest absolute Gasteiger partial charge is 0.416 e. The van der Waals surface area contributed by atoms with Crippen LogP contribution in [0.1, 0.15) is 50.2 Å². The van der Waals surface area contributed by atoms with Crippen molar-refractivity contribution in [1.82, 2.24) is 15.5 Å². The molecule has 1 saturated heterocycles. The van der Waals surface area contributed by atoms with Crippen LogP contribution in [0.4, 0.5) is 18.0 Å². The Balaban J connectivity index is 1.82. The first-order valence-electron chi connectivity index (χ1n) is 9.55. The third-order valence-corrected chi connectivity index (χ3v) is 5.65. The van der Waals surface area contributed by atoms with Crippen molar-refractivity contribution in [3.63, 3.8) is 0 Å². The SMILES string of the molecule is CC1(c2ccccc2C(F)(F)F)NC(=O)N(CC(=O)NC2(C#N)CCCCC2)C1=O. The monoisotopic (exact) mass is 422 g/mol. The van der Waals surface area contributed by atoms with E-state index in [0.717, 1.165) is 31.4 Å². The topological polar surface area (TPSA) is 102 Å². The zero-order valence-corrected chi connectivity index (χ0v) is 16.3. The van der Waals surface area contributed by atoms with E-state index in [9.17, 15) is 32.8 Å². The molecule has 0 aromatic heterocycles. The Morgan fingerprint density at radius 1 is 1.23 bits per heavy atom. The molecule has 1 aromatic rings. The van der Waals surface area contributed by atoms with Gasteiger partial charge in [0.1, 0.15) is 17.6 Å². The summed E-state index contributed by atoms with van der Waals surface area (Å²) in [5.74, 6) is -1.68. The van der Waals surface area contributed by atoms with E-state index in [1.165, 1.54) is 19.1 Å². The molecule has 10 heteroatoms. The molecule has 0 radical (unpaired) electrons. The molecule has 30 heavy (non-hydrogen) atoms. The summed E-state index contributed by atoms with van der Waals surface area (Å²) in [6.45, 7) is 0.492. The molecule has 2 N–H and O–H groups in total. The lowest BCUT2D eigenvalue weighted by Crippen LogP contribution is -2.52. The second-order valence-electron chi connectivity index (χ2n) is 7.79. The first-order valence-corrected chi connectivity index (χ1v) is 9.55.